The number of hydrogen-bond donors (Lipinski definition) is 0. The standard InChI is InChI=1S/C20H21N3O4/c1-14(15-7-9-21-10-8-15)23(2)20(24)19-12-18(27-22-19)13-26-17-6-4-5-16(11-17)25-3/h4-12,14H,13H2,1-3H3/t14-/m1/s1. The summed E-state index contributed by atoms with van der Waals surface area (Å²) in [7, 11) is 3.32. The van der Waals surface area contributed by atoms with E-state index < -0.39 is 0 Å². The van der Waals surface area contributed by atoms with Crippen molar-refractivity contribution >= 4 is 5.91 Å². The van der Waals surface area contributed by atoms with Crippen molar-refractivity contribution in [2.75, 3.05) is 14.2 Å². The number of rotatable bonds is 7. The number of aromatic nitrogens is 2. The largest absolute Gasteiger partial charge is 0.497 e. The van der Waals surface area contributed by atoms with Crippen molar-refractivity contribution in [3.8, 4) is 11.5 Å². The zero-order chi connectivity index (χ0) is 19.2. The van der Waals surface area contributed by atoms with Crippen LogP contribution in [0.5, 0.6) is 11.5 Å². The van der Waals surface area contributed by atoms with E-state index in [-0.39, 0.29) is 24.2 Å². The summed E-state index contributed by atoms with van der Waals surface area (Å²) in [5, 5.41) is 3.88. The summed E-state index contributed by atoms with van der Waals surface area (Å²) in [5.74, 6) is 1.58. The van der Waals surface area contributed by atoms with E-state index in [4.69, 9.17) is 14.0 Å². The van der Waals surface area contributed by atoms with Crippen LogP contribution in [0.1, 0.15) is 34.8 Å². The van der Waals surface area contributed by atoms with Crippen LogP contribution >= 0.6 is 0 Å². The fourth-order valence-electron chi connectivity index (χ4n) is 2.55. The molecule has 1 amide bonds. The molecule has 7 heteroatoms. The zero-order valence-electron chi connectivity index (χ0n) is 15.5. The van der Waals surface area contributed by atoms with E-state index in [1.165, 1.54) is 0 Å². The van der Waals surface area contributed by atoms with Crippen molar-refractivity contribution in [3.05, 3.63) is 71.9 Å². The van der Waals surface area contributed by atoms with Gasteiger partial charge in [-0.2, -0.15) is 0 Å². The molecule has 0 fully saturated rings. The van der Waals surface area contributed by atoms with Crippen LogP contribution in [0.25, 0.3) is 0 Å². The van der Waals surface area contributed by atoms with Gasteiger partial charge in [0.25, 0.3) is 5.91 Å². The molecule has 0 N–H and O–H groups in total. The van der Waals surface area contributed by atoms with Gasteiger partial charge in [0.2, 0.25) is 0 Å². The Hall–Kier alpha value is -3.35. The fraction of sp³-hybridized carbons (Fsp3) is 0.250. The van der Waals surface area contributed by atoms with Crippen LogP contribution in [0.15, 0.2) is 59.4 Å². The number of nitrogens with zero attached hydrogens (tertiary/aromatic N) is 3. The monoisotopic (exact) mass is 367 g/mol. The molecule has 0 bridgehead atoms. The normalized spacial score (nSPS) is 11.7. The van der Waals surface area contributed by atoms with E-state index in [2.05, 4.69) is 10.1 Å². The second-order valence-corrected chi connectivity index (χ2v) is 6.02. The number of benzene rings is 1. The first-order chi connectivity index (χ1) is 13.1. The molecule has 0 aliphatic heterocycles. The number of carbonyl (C=O) groups is 1. The second-order valence-electron chi connectivity index (χ2n) is 6.02. The molecule has 0 saturated carbocycles. The molecule has 3 aromatic rings. The topological polar surface area (TPSA) is 77.7 Å². The Balaban J connectivity index is 1.63. The van der Waals surface area contributed by atoms with E-state index in [1.807, 2.05) is 37.3 Å². The van der Waals surface area contributed by atoms with Crippen LogP contribution in [-0.2, 0) is 6.61 Å². The van der Waals surface area contributed by atoms with Crippen molar-refractivity contribution in [1.29, 1.82) is 0 Å². The SMILES string of the molecule is COc1cccc(OCc2cc(C(=O)N(C)[C@H](C)c3ccncc3)no2)c1. The van der Waals surface area contributed by atoms with Crippen LogP contribution in [0.2, 0.25) is 0 Å². The highest BCUT2D eigenvalue weighted by molar-refractivity contribution is 5.92. The molecule has 2 aromatic heterocycles. The number of amides is 1. The molecule has 1 atom stereocenters. The first kappa shape index (κ1) is 18.4. The van der Waals surface area contributed by atoms with Gasteiger partial charge in [0.1, 0.15) is 18.1 Å². The average molecular weight is 367 g/mol. The van der Waals surface area contributed by atoms with Crippen molar-refractivity contribution in [2.24, 2.45) is 0 Å². The minimum atomic E-state index is -0.226. The third-order valence-corrected chi connectivity index (χ3v) is 4.29. The Labute approximate surface area is 157 Å². The second kappa shape index (κ2) is 8.35. The van der Waals surface area contributed by atoms with Gasteiger partial charge in [-0.05, 0) is 36.8 Å². The van der Waals surface area contributed by atoms with Gasteiger partial charge in [-0.15, -0.1) is 0 Å². The molecule has 1 aromatic carbocycles. The lowest BCUT2D eigenvalue weighted by Gasteiger charge is -2.24. The van der Waals surface area contributed by atoms with Crippen molar-refractivity contribution in [3.63, 3.8) is 0 Å². The molecule has 0 aliphatic rings. The molecule has 140 valence electrons. The Bertz CT molecular complexity index is 895. The molecule has 0 aliphatic carbocycles. The van der Waals surface area contributed by atoms with Gasteiger partial charge >= 0.3 is 0 Å². The minimum absolute atomic E-state index is 0.117. The highest BCUT2D eigenvalue weighted by Gasteiger charge is 2.22. The highest BCUT2D eigenvalue weighted by atomic mass is 16.5. The van der Waals surface area contributed by atoms with Crippen LogP contribution in [0, 0.1) is 0 Å². The Kier molecular flexibility index (Phi) is 5.71. The maximum absolute atomic E-state index is 12.7. The van der Waals surface area contributed by atoms with Gasteiger partial charge < -0.3 is 18.9 Å². The molecular formula is C20H21N3O4. The van der Waals surface area contributed by atoms with Gasteiger partial charge in [-0.3, -0.25) is 9.78 Å². The van der Waals surface area contributed by atoms with Gasteiger partial charge in [0.15, 0.2) is 11.5 Å². The van der Waals surface area contributed by atoms with Crippen LogP contribution in [-0.4, -0.2) is 35.1 Å². The van der Waals surface area contributed by atoms with Gasteiger partial charge in [-0.1, -0.05) is 11.2 Å². The van der Waals surface area contributed by atoms with Crippen molar-refractivity contribution in [1.82, 2.24) is 15.0 Å². The summed E-state index contributed by atoms with van der Waals surface area (Å²) >= 11 is 0. The maximum Gasteiger partial charge on any atom is 0.276 e. The van der Waals surface area contributed by atoms with Crippen LogP contribution in [0.4, 0.5) is 0 Å². The Morgan fingerprint density at radius 1 is 1.19 bits per heavy atom. The summed E-state index contributed by atoms with van der Waals surface area (Å²) in [5.41, 5.74) is 1.23. The molecule has 3 rings (SSSR count). The van der Waals surface area contributed by atoms with Crippen molar-refractivity contribution in [2.45, 2.75) is 19.6 Å². The summed E-state index contributed by atoms with van der Waals surface area (Å²) in [6.07, 6.45) is 3.41. The molecule has 27 heavy (non-hydrogen) atoms. The van der Waals surface area contributed by atoms with Gasteiger partial charge in [0, 0.05) is 31.6 Å². The fourth-order valence-corrected chi connectivity index (χ4v) is 2.55. The number of pyridine rings is 1. The first-order valence-corrected chi connectivity index (χ1v) is 8.48. The molecule has 7 nitrogen and oxygen atoms in total. The van der Waals surface area contributed by atoms with E-state index in [9.17, 15) is 4.79 Å². The lowest BCUT2D eigenvalue weighted by molar-refractivity contribution is 0.0731. The third-order valence-electron chi connectivity index (χ3n) is 4.29. The zero-order valence-corrected chi connectivity index (χ0v) is 15.5. The van der Waals surface area contributed by atoms with E-state index >= 15 is 0 Å². The van der Waals surface area contributed by atoms with Crippen LogP contribution in [0.3, 0.4) is 0 Å². The lowest BCUT2D eigenvalue weighted by atomic mass is 10.1. The lowest BCUT2D eigenvalue weighted by Crippen LogP contribution is -2.29. The number of carbonyl (C=O) groups excluding carboxylic acids is 1. The maximum atomic E-state index is 12.7. The predicted molar refractivity (Wildman–Crippen MR) is 98.6 cm³/mol. The highest BCUT2D eigenvalue weighted by Crippen LogP contribution is 2.22. The minimum Gasteiger partial charge on any atom is -0.497 e. The number of hydrogen-bond acceptors (Lipinski definition) is 6. The smallest absolute Gasteiger partial charge is 0.276 e. The quantitative estimate of drug-likeness (QED) is 0.636. The number of ether oxygens (including phenoxy) is 2. The van der Waals surface area contributed by atoms with E-state index in [0.717, 1.165) is 5.56 Å². The molecule has 0 unspecified atom stereocenters. The first-order valence-electron chi connectivity index (χ1n) is 8.48. The summed E-state index contributed by atoms with van der Waals surface area (Å²) in [4.78, 5) is 18.3. The molecule has 0 saturated heterocycles. The molecule has 0 radical (unpaired) electrons. The molecule has 0 spiro atoms. The predicted octanol–water partition coefficient (Wildman–Crippen LogP) is 3.49. The van der Waals surface area contributed by atoms with E-state index in [0.29, 0.717) is 17.3 Å². The van der Waals surface area contributed by atoms with Crippen molar-refractivity contribution < 1.29 is 18.8 Å². The average Bonchev–Trinajstić information content (AvgIpc) is 3.20. The Morgan fingerprint density at radius 2 is 1.93 bits per heavy atom. The van der Waals surface area contributed by atoms with Gasteiger partial charge in [-0.25, -0.2) is 0 Å². The molecular weight excluding hydrogens is 346 g/mol. The van der Waals surface area contributed by atoms with E-state index in [1.54, 1.807) is 43.6 Å². The van der Waals surface area contributed by atoms with Gasteiger partial charge in [0.05, 0.1) is 13.2 Å². The molecule has 2 heterocycles. The Morgan fingerprint density at radius 3 is 2.67 bits per heavy atom. The summed E-state index contributed by atoms with van der Waals surface area (Å²) in [6, 6.07) is 12.5. The third kappa shape index (κ3) is 4.44. The summed E-state index contributed by atoms with van der Waals surface area (Å²) < 4.78 is 16.1. The number of methoxy groups -OCH3 is 1. The summed E-state index contributed by atoms with van der Waals surface area (Å²) in [6.45, 7) is 2.11. The van der Waals surface area contributed by atoms with Crippen LogP contribution < -0.4 is 9.47 Å².